The van der Waals surface area contributed by atoms with Gasteiger partial charge in [0.25, 0.3) is 0 Å². The standard InChI is InChI=1S/2C24H26O4.Pb/c2*1-23(2)11-12-24(3,4)19-14-16(7-9-18(19)23)20(25)10-6-15-5-8-17(22(27)28)21(26)13-15;/h2*5,7-9,13-14,20,25-26H,11-12H2,1-4H3,(H,27,28);/q;;+2/p-2. The van der Waals surface area contributed by atoms with E-state index in [4.69, 9.17) is 0 Å². The van der Waals surface area contributed by atoms with Crippen LogP contribution in [0, 0.1) is 23.7 Å². The number of aromatic carboxylic acids is 2. The first-order chi connectivity index (χ1) is 26.0. The van der Waals surface area contributed by atoms with Gasteiger partial charge in [-0.3, -0.25) is 0 Å². The zero-order valence-corrected chi connectivity index (χ0v) is 37.7. The Morgan fingerprint density at radius 2 is 0.842 bits per heavy atom. The van der Waals surface area contributed by atoms with Crippen LogP contribution >= 0.6 is 0 Å². The Balaban J connectivity index is 0.000000248. The molecule has 0 bridgehead atoms. The molecule has 0 amide bonds. The van der Waals surface area contributed by atoms with Gasteiger partial charge >= 0.3 is 27.3 Å². The van der Waals surface area contributed by atoms with Gasteiger partial charge in [0.05, 0.1) is 11.9 Å². The van der Waals surface area contributed by atoms with Gasteiger partial charge in [-0.25, -0.2) is 0 Å². The minimum absolute atomic E-state index is 0. The van der Waals surface area contributed by atoms with Crippen molar-refractivity contribution in [1.82, 2.24) is 0 Å². The normalized spacial score (nSPS) is 17.4. The summed E-state index contributed by atoms with van der Waals surface area (Å²) in [5.74, 6) is 7.44. The third-order valence-corrected chi connectivity index (χ3v) is 11.5. The van der Waals surface area contributed by atoms with E-state index in [0.29, 0.717) is 11.1 Å². The van der Waals surface area contributed by atoms with Crippen molar-refractivity contribution in [2.45, 2.75) is 115 Å². The molecule has 2 unspecified atom stereocenters. The Labute approximate surface area is 356 Å². The summed E-state index contributed by atoms with van der Waals surface area (Å²) in [6, 6.07) is 20.1. The van der Waals surface area contributed by atoms with E-state index < -0.39 is 35.6 Å². The van der Waals surface area contributed by atoms with Crippen LogP contribution in [0.5, 0.6) is 11.5 Å². The Hall–Kier alpha value is -4.62. The van der Waals surface area contributed by atoms with Crippen LogP contribution in [0.2, 0.25) is 0 Å². The molecule has 0 spiro atoms. The van der Waals surface area contributed by atoms with E-state index in [1.54, 1.807) is 0 Å². The van der Waals surface area contributed by atoms with Crippen LogP contribution in [0.4, 0.5) is 0 Å². The summed E-state index contributed by atoms with van der Waals surface area (Å²) in [6.45, 7) is 17.9. The third kappa shape index (κ3) is 10.1. The van der Waals surface area contributed by atoms with Gasteiger partial charge in [0, 0.05) is 22.3 Å². The summed E-state index contributed by atoms with van der Waals surface area (Å²) in [6.07, 6.45) is 2.47. The summed E-state index contributed by atoms with van der Waals surface area (Å²) < 4.78 is 0. The molecule has 4 N–H and O–H groups in total. The van der Waals surface area contributed by atoms with Crippen molar-refractivity contribution in [3.05, 3.63) is 128 Å². The number of carbonyl (C=O) groups is 2. The SMILES string of the molecule is CC1(C)CCC(C)(C)c2cc(C(O)C#Cc3ccc(C(=O)[O-])c(O)c3)ccc21.CC1(C)CCC(C)(C)c2cc(C(O)C#Cc3ccc(C(=O)[O-])c(O)c3)ccc21.[Pb+2]. The molecule has 294 valence electrons. The Morgan fingerprint density at radius 1 is 0.526 bits per heavy atom. The van der Waals surface area contributed by atoms with Crippen LogP contribution in [0.1, 0.15) is 159 Å². The second-order valence-corrected chi connectivity index (χ2v) is 17.5. The minimum atomic E-state index is -1.45. The first-order valence-electron chi connectivity index (χ1n) is 18.8. The molecule has 2 aliphatic rings. The number of hydrogen-bond donors (Lipinski definition) is 4. The molecule has 6 rings (SSSR count). The summed E-state index contributed by atoms with van der Waals surface area (Å²) in [4.78, 5) is 21.7. The van der Waals surface area contributed by atoms with E-state index in [9.17, 15) is 40.2 Å². The average molecular weight is 962 g/mol. The van der Waals surface area contributed by atoms with Crippen molar-refractivity contribution in [3.8, 4) is 35.2 Å². The summed E-state index contributed by atoms with van der Waals surface area (Å²) in [5, 5.41) is 62.3. The van der Waals surface area contributed by atoms with Gasteiger partial charge in [0.2, 0.25) is 0 Å². The molecule has 9 heteroatoms. The zero-order valence-electron chi connectivity index (χ0n) is 33.8. The maximum atomic E-state index is 10.9. The molecule has 4 aromatic rings. The molecule has 0 aromatic heterocycles. The molecule has 0 fully saturated rings. The van der Waals surface area contributed by atoms with Crippen molar-refractivity contribution in [2.24, 2.45) is 0 Å². The van der Waals surface area contributed by atoms with Crippen LogP contribution in [0.3, 0.4) is 0 Å². The van der Waals surface area contributed by atoms with Gasteiger partial charge in [-0.05, 0) is 117 Å². The molecule has 2 aliphatic carbocycles. The first kappa shape index (κ1) is 45.1. The van der Waals surface area contributed by atoms with Crippen LogP contribution in [-0.2, 0) is 21.7 Å². The van der Waals surface area contributed by atoms with Crippen molar-refractivity contribution in [3.63, 3.8) is 0 Å². The fourth-order valence-corrected chi connectivity index (χ4v) is 7.59. The predicted octanol–water partition coefficient (Wildman–Crippen LogP) is 6.00. The Bertz CT molecular complexity index is 2150. The Morgan fingerprint density at radius 3 is 1.14 bits per heavy atom. The van der Waals surface area contributed by atoms with E-state index in [1.165, 1.54) is 58.7 Å². The monoisotopic (exact) mass is 962 g/mol. The number of phenols is 2. The van der Waals surface area contributed by atoms with Crippen molar-refractivity contribution in [2.75, 3.05) is 0 Å². The van der Waals surface area contributed by atoms with E-state index in [-0.39, 0.29) is 60.1 Å². The molecule has 0 aliphatic heterocycles. The average Bonchev–Trinajstić information content (AvgIpc) is 3.13. The van der Waals surface area contributed by atoms with Crippen LogP contribution in [0.25, 0.3) is 0 Å². The molecule has 0 heterocycles. The van der Waals surface area contributed by atoms with Gasteiger partial charge in [0.1, 0.15) is 23.7 Å². The number of carboxylic acid groups (broad SMARTS) is 2. The van der Waals surface area contributed by atoms with Crippen molar-refractivity contribution < 1.29 is 40.2 Å². The smallest absolute Gasteiger partial charge is 0.545 e. The number of aliphatic hydroxyl groups excluding tert-OH is 2. The van der Waals surface area contributed by atoms with Gasteiger partial charge in [0.15, 0.2) is 0 Å². The van der Waals surface area contributed by atoms with E-state index >= 15 is 0 Å². The van der Waals surface area contributed by atoms with Gasteiger partial charge in [-0.1, -0.05) is 115 Å². The third-order valence-electron chi connectivity index (χ3n) is 11.5. The number of carboxylic acids is 2. The topological polar surface area (TPSA) is 161 Å². The van der Waals surface area contributed by atoms with Crippen molar-refractivity contribution in [1.29, 1.82) is 0 Å². The van der Waals surface area contributed by atoms with E-state index in [2.05, 4.69) is 91.2 Å². The number of hydrogen-bond acceptors (Lipinski definition) is 8. The van der Waals surface area contributed by atoms with Crippen LogP contribution in [-0.4, -0.2) is 59.7 Å². The predicted molar refractivity (Wildman–Crippen MR) is 218 cm³/mol. The quantitative estimate of drug-likeness (QED) is 0.143. The van der Waals surface area contributed by atoms with Crippen LogP contribution in [0.15, 0.2) is 72.8 Å². The van der Waals surface area contributed by atoms with Gasteiger partial charge < -0.3 is 40.2 Å². The van der Waals surface area contributed by atoms with E-state index in [1.807, 2.05) is 24.3 Å². The number of aliphatic hydroxyl groups is 2. The summed E-state index contributed by atoms with van der Waals surface area (Å²) in [7, 11) is 0. The van der Waals surface area contributed by atoms with Crippen LogP contribution < -0.4 is 10.2 Å². The maximum Gasteiger partial charge on any atom is 2.00 e. The second kappa shape index (κ2) is 17.1. The molecular formula is C48H50O8Pb. The molecule has 0 saturated carbocycles. The molecule has 4 aromatic carbocycles. The van der Waals surface area contributed by atoms with Gasteiger partial charge in [-0.2, -0.15) is 0 Å². The molecule has 2 atom stereocenters. The number of fused-ring (bicyclic) bond motifs is 2. The number of carbonyl (C=O) groups excluding carboxylic acids is 2. The number of aromatic hydroxyl groups is 2. The molecule has 8 nitrogen and oxygen atoms in total. The first-order valence-corrected chi connectivity index (χ1v) is 18.8. The molecular weight excluding hydrogens is 912 g/mol. The summed E-state index contributed by atoms with van der Waals surface area (Å²) in [5.41, 5.74) is 7.15. The Kier molecular flexibility index (Phi) is 13.5. The van der Waals surface area contributed by atoms with E-state index in [0.717, 1.165) is 36.8 Å². The zero-order chi connectivity index (χ0) is 41.4. The maximum absolute atomic E-state index is 10.9. The van der Waals surface area contributed by atoms with Gasteiger partial charge in [-0.15, -0.1) is 0 Å². The van der Waals surface area contributed by atoms with Crippen molar-refractivity contribution >= 4 is 39.2 Å². The molecule has 2 radical (unpaired) electrons. The molecule has 0 saturated heterocycles. The summed E-state index contributed by atoms with van der Waals surface area (Å²) >= 11 is 0. The fourth-order valence-electron chi connectivity index (χ4n) is 7.59. The fraction of sp³-hybridized carbons (Fsp3) is 0.375. The number of rotatable bonds is 4. The molecule has 57 heavy (non-hydrogen) atoms. The minimum Gasteiger partial charge on any atom is -0.545 e. The largest absolute Gasteiger partial charge is 2.00 e. The second-order valence-electron chi connectivity index (χ2n) is 17.5. The number of benzene rings is 4.